The topological polar surface area (TPSA) is 67.4 Å². The molecule has 1 aliphatic rings. The summed E-state index contributed by atoms with van der Waals surface area (Å²) in [6.45, 7) is 14.2. The summed E-state index contributed by atoms with van der Waals surface area (Å²) in [5.41, 5.74) is 9.65. The van der Waals surface area contributed by atoms with Gasteiger partial charge < -0.3 is 10.6 Å². The van der Waals surface area contributed by atoms with E-state index in [1.165, 1.54) is 11.3 Å². The Labute approximate surface area is 139 Å². The lowest BCUT2D eigenvalue weighted by molar-refractivity contribution is -0.135. The van der Waals surface area contributed by atoms with Crippen LogP contribution in [0, 0.1) is 13.8 Å². The van der Waals surface area contributed by atoms with Crippen molar-refractivity contribution in [3.63, 3.8) is 0 Å². The first-order chi connectivity index (χ1) is 10.9. The maximum atomic E-state index is 12.8. The molecule has 6 heteroatoms. The van der Waals surface area contributed by atoms with Crippen LogP contribution in [-0.4, -0.2) is 57.2 Å². The minimum atomic E-state index is -0.103. The molecule has 23 heavy (non-hydrogen) atoms. The van der Waals surface area contributed by atoms with Gasteiger partial charge in [-0.25, -0.2) is 0 Å². The van der Waals surface area contributed by atoms with Crippen LogP contribution in [0.3, 0.4) is 0 Å². The third kappa shape index (κ3) is 3.58. The molecule has 1 amide bonds. The van der Waals surface area contributed by atoms with Gasteiger partial charge in [-0.05, 0) is 41.0 Å². The van der Waals surface area contributed by atoms with Gasteiger partial charge in [0.25, 0.3) is 0 Å². The third-order valence-corrected chi connectivity index (χ3v) is 4.99. The number of aryl methyl sites for hydroxylation is 2. The lowest BCUT2D eigenvalue weighted by atomic mass is 10.1. The zero-order valence-electron chi connectivity index (χ0n) is 15.2. The standard InChI is InChI=1S/C17H31N5O/c1-6-20(7-2)17(23)16-9-14(18)10-21(16)11-15-12(4)19-22(8-3)13(15)5/h14,16H,6-11,18H2,1-5H3/t14-,16+/m1/s1. The van der Waals surface area contributed by atoms with Crippen molar-refractivity contribution < 1.29 is 4.79 Å². The van der Waals surface area contributed by atoms with Gasteiger partial charge in [-0.3, -0.25) is 14.4 Å². The average molecular weight is 321 g/mol. The van der Waals surface area contributed by atoms with E-state index in [1.807, 2.05) is 30.4 Å². The molecule has 2 rings (SSSR count). The Morgan fingerprint density at radius 2 is 1.96 bits per heavy atom. The number of nitrogens with two attached hydrogens (primary N) is 1. The van der Waals surface area contributed by atoms with E-state index in [9.17, 15) is 4.79 Å². The summed E-state index contributed by atoms with van der Waals surface area (Å²) in [4.78, 5) is 16.9. The number of likely N-dealkylation sites (tertiary alicyclic amines) is 1. The number of carbonyl (C=O) groups is 1. The molecule has 0 radical (unpaired) electrons. The third-order valence-electron chi connectivity index (χ3n) is 4.99. The Morgan fingerprint density at radius 1 is 1.30 bits per heavy atom. The van der Waals surface area contributed by atoms with E-state index in [2.05, 4.69) is 23.8 Å². The minimum Gasteiger partial charge on any atom is -0.342 e. The van der Waals surface area contributed by atoms with E-state index in [0.717, 1.165) is 44.8 Å². The molecule has 1 aliphatic heterocycles. The van der Waals surface area contributed by atoms with Gasteiger partial charge in [-0.2, -0.15) is 5.10 Å². The van der Waals surface area contributed by atoms with Gasteiger partial charge in [0.1, 0.15) is 0 Å². The zero-order valence-corrected chi connectivity index (χ0v) is 15.2. The van der Waals surface area contributed by atoms with Crippen molar-refractivity contribution in [1.82, 2.24) is 19.6 Å². The highest BCUT2D eigenvalue weighted by Gasteiger charge is 2.37. The molecule has 2 heterocycles. The van der Waals surface area contributed by atoms with Crippen LogP contribution in [0.2, 0.25) is 0 Å². The Balaban J connectivity index is 2.20. The van der Waals surface area contributed by atoms with Gasteiger partial charge >= 0.3 is 0 Å². The summed E-state index contributed by atoms with van der Waals surface area (Å²) in [5.74, 6) is 0.209. The van der Waals surface area contributed by atoms with Gasteiger partial charge in [-0.1, -0.05) is 0 Å². The summed E-state index contributed by atoms with van der Waals surface area (Å²) < 4.78 is 2.03. The van der Waals surface area contributed by atoms with Crippen LogP contribution in [0.5, 0.6) is 0 Å². The van der Waals surface area contributed by atoms with E-state index in [-0.39, 0.29) is 18.0 Å². The molecule has 1 saturated heterocycles. The predicted octanol–water partition coefficient (Wildman–Crippen LogP) is 1.29. The fraction of sp³-hybridized carbons (Fsp3) is 0.765. The summed E-state index contributed by atoms with van der Waals surface area (Å²) in [7, 11) is 0. The maximum Gasteiger partial charge on any atom is 0.239 e. The Kier molecular flexibility index (Phi) is 5.81. The largest absolute Gasteiger partial charge is 0.342 e. The van der Waals surface area contributed by atoms with E-state index < -0.39 is 0 Å². The van der Waals surface area contributed by atoms with Gasteiger partial charge in [0.15, 0.2) is 0 Å². The van der Waals surface area contributed by atoms with Crippen LogP contribution < -0.4 is 5.73 Å². The summed E-state index contributed by atoms with van der Waals surface area (Å²) in [5, 5.41) is 4.59. The lowest BCUT2D eigenvalue weighted by Crippen LogP contribution is -2.45. The van der Waals surface area contributed by atoms with Crippen LogP contribution in [0.15, 0.2) is 0 Å². The summed E-state index contributed by atoms with van der Waals surface area (Å²) >= 11 is 0. The second-order valence-corrected chi connectivity index (χ2v) is 6.42. The van der Waals surface area contributed by atoms with E-state index in [0.29, 0.717) is 0 Å². The van der Waals surface area contributed by atoms with Crippen molar-refractivity contribution in [2.45, 2.75) is 66.2 Å². The molecule has 2 atom stereocenters. The Morgan fingerprint density at radius 3 is 2.48 bits per heavy atom. The molecule has 0 aliphatic carbocycles. The maximum absolute atomic E-state index is 12.8. The van der Waals surface area contributed by atoms with Gasteiger partial charge in [0.2, 0.25) is 5.91 Å². The number of likely N-dealkylation sites (N-methyl/N-ethyl adjacent to an activating group) is 1. The fourth-order valence-electron chi connectivity index (χ4n) is 3.59. The number of hydrogen-bond acceptors (Lipinski definition) is 4. The number of carbonyl (C=O) groups excluding carboxylic acids is 1. The number of aromatic nitrogens is 2. The number of nitrogens with zero attached hydrogens (tertiary/aromatic N) is 4. The highest BCUT2D eigenvalue weighted by molar-refractivity contribution is 5.82. The molecule has 0 unspecified atom stereocenters. The second-order valence-electron chi connectivity index (χ2n) is 6.42. The predicted molar refractivity (Wildman–Crippen MR) is 92.1 cm³/mol. The molecule has 0 bridgehead atoms. The van der Waals surface area contributed by atoms with Crippen molar-refractivity contribution in [2.24, 2.45) is 5.73 Å². The van der Waals surface area contributed by atoms with Crippen LogP contribution in [0.1, 0.15) is 44.1 Å². The molecule has 6 nitrogen and oxygen atoms in total. The van der Waals surface area contributed by atoms with Gasteiger partial charge in [-0.15, -0.1) is 0 Å². The van der Waals surface area contributed by atoms with Gasteiger partial charge in [0.05, 0.1) is 11.7 Å². The number of amides is 1. The molecule has 0 spiro atoms. The highest BCUT2D eigenvalue weighted by Crippen LogP contribution is 2.24. The lowest BCUT2D eigenvalue weighted by Gasteiger charge is -2.28. The van der Waals surface area contributed by atoms with E-state index >= 15 is 0 Å². The Hall–Kier alpha value is -1.40. The van der Waals surface area contributed by atoms with Crippen LogP contribution in [0.4, 0.5) is 0 Å². The van der Waals surface area contributed by atoms with E-state index in [4.69, 9.17) is 5.73 Å². The van der Waals surface area contributed by atoms with Gasteiger partial charge in [0, 0.05) is 50.0 Å². The molecule has 0 saturated carbocycles. The van der Waals surface area contributed by atoms with Crippen molar-refractivity contribution >= 4 is 5.91 Å². The monoisotopic (exact) mass is 321 g/mol. The van der Waals surface area contributed by atoms with Crippen LogP contribution >= 0.6 is 0 Å². The first-order valence-electron chi connectivity index (χ1n) is 8.74. The summed E-state index contributed by atoms with van der Waals surface area (Å²) in [6.07, 6.45) is 0.745. The first-order valence-corrected chi connectivity index (χ1v) is 8.74. The highest BCUT2D eigenvalue weighted by atomic mass is 16.2. The molecular formula is C17H31N5O. The zero-order chi connectivity index (χ0) is 17.1. The second kappa shape index (κ2) is 7.45. The Bertz CT molecular complexity index is 549. The average Bonchev–Trinajstić information content (AvgIpc) is 3.02. The molecule has 2 N–H and O–H groups in total. The SMILES string of the molecule is CCN(CC)C(=O)[C@@H]1C[C@@H](N)CN1Cc1c(C)nn(CC)c1C. The van der Waals surface area contributed by atoms with Crippen molar-refractivity contribution in [3.8, 4) is 0 Å². The molecule has 0 aromatic carbocycles. The van der Waals surface area contributed by atoms with Crippen molar-refractivity contribution in [3.05, 3.63) is 17.0 Å². The molecule has 1 aromatic heterocycles. The van der Waals surface area contributed by atoms with Crippen molar-refractivity contribution in [2.75, 3.05) is 19.6 Å². The van der Waals surface area contributed by atoms with Crippen molar-refractivity contribution in [1.29, 1.82) is 0 Å². The molecule has 1 fully saturated rings. The quantitative estimate of drug-likeness (QED) is 0.857. The molecular weight excluding hydrogens is 290 g/mol. The van der Waals surface area contributed by atoms with Crippen LogP contribution in [0.25, 0.3) is 0 Å². The molecule has 1 aromatic rings. The number of hydrogen-bond donors (Lipinski definition) is 1. The normalized spacial score (nSPS) is 21.8. The fourth-order valence-corrected chi connectivity index (χ4v) is 3.59. The van der Waals surface area contributed by atoms with E-state index in [1.54, 1.807) is 0 Å². The smallest absolute Gasteiger partial charge is 0.239 e. The molecule has 130 valence electrons. The summed E-state index contributed by atoms with van der Waals surface area (Å²) in [6, 6.07) is -0.0324. The van der Waals surface area contributed by atoms with Crippen LogP contribution in [-0.2, 0) is 17.9 Å². The number of rotatable bonds is 6. The first kappa shape index (κ1) is 17.9. The minimum absolute atomic E-state index is 0.0707.